The predicted octanol–water partition coefficient (Wildman–Crippen LogP) is 10.2. The highest BCUT2D eigenvalue weighted by molar-refractivity contribution is 6.19. The van der Waals surface area contributed by atoms with Crippen molar-refractivity contribution in [2.75, 3.05) is 0 Å². The summed E-state index contributed by atoms with van der Waals surface area (Å²) >= 11 is 0. The Morgan fingerprint density at radius 3 is 1.81 bits per heavy atom. The van der Waals surface area contributed by atoms with Crippen LogP contribution in [-0.4, -0.2) is 15.0 Å². The van der Waals surface area contributed by atoms with Crippen LogP contribution in [0.2, 0.25) is 0 Å². The average Bonchev–Trinajstić information content (AvgIpc) is 3.47. The summed E-state index contributed by atoms with van der Waals surface area (Å²) in [5.74, 6) is 1.83. The van der Waals surface area contributed by atoms with Gasteiger partial charge in [0.25, 0.3) is 0 Å². The Labute approximate surface area is 246 Å². The third-order valence-corrected chi connectivity index (χ3v) is 8.34. The summed E-state index contributed by atoms with van der Waals surface area (Å²) in [5.41, 5.74) is 4.35. The third kappa shape index (κ3) is 3.74. The van der Waals surface area contributed by atoms with Gasteiger partial charge in [-0.15, -0.1) is 0 Å². The molecule has 9 aromatic rings. The van der Waals surface area contributed by atoms with Gasteiger partial charge in [-0.25, -0.2) is 15.0 Å². The topological polar surface area (TPSA) is 51.8 Å². The van der Waals surface area contributed by atoms with Crippen molar-refractivity contribution in [3.05, 3.63) is 140 Å². The van der Waals surface area contributed by atoms with Gasteiger partial charge in [0.1, 0.15) is 11.2 Å². The van der Waals surface area contributed by atoms with E-state index < -0.39 is 0 Å². The molecule has 0 aliphatic rings. The largest absolute Gasteiger partial charge is 0.455 e. The van der Waals surface area contributed by atoms with Crippen molar-refractivity contribution in [3.8, 4) is 34.2 Å². The Kier molecular flexibility index (Phi) is 5.16. The standard InChI is InChI=1S/C39H23N3O/c1-2-11-25(12-3-1)37-40-38(42-39(41-37)34-18-9-16-32-31-14-6-7-19-35(31)43-36(32)34)33-17-8-15-27-29-21-20-24-10-4-5-13-26(24)28(29)22-23-30(27)33/h1-23H. The molecule has 4 nitrogen and oxygen atoms in total. The van der Waals surface area contributed by atoms with Gasteiger partial charge in [-0.3, -0.25) is 0 Å². The fourth-order valence-electron chi connectivity index (χ4n) is 6.31. The molecule has 2 aromatic heterocycles. The number of fused-ring (bicyclic) bond motifs is 8. The van der Waals surface area contributed by atoms with Crippen LogP contribution < -0.4 is 0 Å². The van der Waals surface area contributed by atoms with Gasteiger partial charge in [0.2, 0.25) is 0 Å². The molecule has 0 aliphatic heterocycles. The van der Waals surface area contributed by atoms with Crippen LogP contribution in [0.25, 0.3) is 88.4 Å². The highest BCUT2D eigenvalue weighted by atomic mass is 16.3. The van der Waals surface area contributed by atoms with E-state index in [-0.39, 0.29) is 0 Å². The van der Waals surface area contributed by atoms with Crippen LogP contribution in [0, 0.1) is 0 Å². The van der Waals surface area contributed by atoms with Crippen molar-refractivity contribution < 1.29 is 4.42 Å². The molecule has 0 radical (unpaired) electrons. The number of furan rings is 1. The van der Waals surface area contributed by atoms with Gasteiger partial charge < -0.3 is 4.42 Å². The number of para-hydroxylation sites is 2. The molecule has 2 heterocycles. The number of nitrogens with zero attached hydrogens (tertiary/aromatic N) is 3. The minimum absolute atomic E-state index is 0.581. The predicted molar refractivity (Wildman–Crippen MR) is 176 cm³/mol. The van der Waals surface area contributed by atoms with Crippen molar-refractivity contribution in [2.24, 2.45) is 0 Å². The lowest BCUT2D eigenvalue weighted by Crippen LogP contribution is -2.00. The van der Waals surface area contributed by atoms with Crippen LogP contribution >= 0.6 is 0 Å². The van der Waals surface area contributed by atoms with Crippen LogP contribution in [-0.2, 0) is 0 Å². The summed E-state index contributed by atoms with van der Waals surface area (Å²) in [5, 5.41) is 9.32. The zero-order valence-electron chi connectivity index (χ0n) is 23.0. The average molecular weight is 550 g/mol. The molecule has 0 atom stereocenters. The first-order valence-corrected chi connectivity index (χ1v) is 14.4. The first kappa shape index (κ1) is 23.8. The van der Waals surface area contributed by atoms with E-state index in [4.69, 9.17) is 19.4 Å². The second kappa shape index (κ2) is 9.33. The van der Waals surface area contributed by atoms with Gasteiger partial charge in [-0.2, -0.15) is 0 Å². The molecule has 0 saturated heterocycles. The molecule has 7 aromatic carbocycles. The molecular formula is C39H23N3O. The molecule has 0 unspecified atom stereocenters. The van der Waals surface area contributed by atoms with Gasteiger partial charge in [0.15, 0.2) is 17.5 Å². The van der Waals surface area contributed by atoms with E-state index in [0.717, 1.165) is 44.0 Å². The number of hydrogen-bond donors (Lipinski definition) is 0. The van der Waals surface area contributed by atoms with Gasteiger partial charge in [-0.05, 0) is 44.5 Å². The zero-order valence-corrected chi connectivity index (χ0v) is 23.0. The number of aromatic nitrogens is 3. The molecule has 4 heteroatoms. The number of rotatable bonds is 3. The summed E-state index contributed by atoms with van der Waals surface area (Å²) < 4.78 is 6.38. The first-order valence-electron chi connectivity index (χ1n) is 14.4. The summed E-state index contributed by atoms with van der Waals surface area (Å²) in [4.78, 5) is 15.2. The molecule has 0 spiro atoms. The Hall–Kier alpha value is -5.87. The van der Waals surface area contributed by atoms with Crippen LogP contribution in [0.15, 0.2) is 144 Å². The molecule has 0 aliphatic carbocycles. The fraction of sp³-hybridized carbons (Fsp3) is 0. The van der Waals surface area contributed by atoms with E-state index in [1.807, 2.05) is 60.7 Å². The molecule has 9 rings (SSSR count). The Morgan fingerprint density at radius 1 is 0.349 bits per heavy atom. The molecule has 200 valence electrons. The first-order chi connectivity index (χ1) is 21.3. The minimum atomic E-state index is 0.581. The van der Waals surface area contributed by atoms with E-state index in [2.05, 4.69) is 78.9 Å². The van der Waals surface area contributed by atoms with E-state index in [1.54, 1.807) is 0 Å². The minimum Gasteiger partial charge on any atom is -0.455 e. The van der Waals surface area contributed by atoms with E-state index in [9.17, 15) is 0 Å². The van der Waals surface area contributed by atoms with Crippen LogP contribution in [0.4, 0.5) is 0 Å². The summed E-state index contributed by atoms with van der Waals surface area (Å²) in [6.07, 6.45) is 0. The SMILES string of the molecule is c1ccc(-c2nc(-c3cccc4c3ccc3c5ccccc5ccc43)nc(-c3cccc4c3oc3ccccc34)n2)cc1. The highest BCUT2D eigenvalue weighted by Crippen LogP contribution is 2.38. The molecule has 0 N–H and O–H groups in total. The monoisotopic (exact) mass is 549 g/mol. The molecule has 0 saturated carbocycles. The molecule has 0 fully saturated rings. The van der Waals surface area contributed by atoms with E-state index >= 15 is 0 Å². The van der Waals surface area contributed by atoms with Crippen molar-refractivity contribution in [3.63, 3.8) is 0 Å². The van der Waals surface area contributed by atoms with Gasteiger partial charge in [0, 0.05) is 21.9 Å². The normalized spacial score (nSPS) is 11.7. The number of hydrogen-bond acceptors (Lipinski definition) is 4. The number of benzene rings is 7. The van der Waals surface area contributed by atoms with Crippen molar-refractivity contribution >= 4 is 54.3 Å². The van der Waals surface area contributed by atoms with Crippen molar-refractivity contribution in [2.45, 2.75) is 0 Å². The maximum absolute atomic E-state index is 6.38. The molecule has 43 heavy (non-hydrogen) atoms. The van der Waals surface area contributed by atoms with Gasteiger partial charge >= 0.3 is 0 Å². The fourth-order valence-corrected chi connectivity index (χ4v) is 6.31. The zero-order chi connectivity index (χ0) is 28.3. The second-order valence-corrected chi connectivity index (χ2v) is 10.8. The highest BCUT2D eigenvalue weighted by Gasteiger charge is 2.19. The molecule has 0 amide bonds. The Morgan fingerprint density at radius 2 is 0.930 bits per heavy atom. The lowest BCUT2D eigenvalue weighted by molar-refractivity contribution is 0.669. The van der Waals surface area contributed by atoms with Crippen LogP contribution in [0.3, 0.4) is 0 Å². The molecule has 0 bridgehead atoms. The smallest absolute Gasteiger partial charge is 0.167 e. The third-order valence-electron chi connectivity index (χ3n) is 8.34. The van der Waals surface area contributed by atoms with Crippen LogP contribution in [0.1, 0.15) is 0 Å². The van der Waals surface area contributed by atoms with Gasteiger partial charge in [-0.1, -0.05) is 127 Å². The Balaban J connectivity index is 1.32. The Bertz CT molecular complexity index is 2510. The van der Waals surface area contributed by atoms with Crippen molar-refractivity contribution in [1.29, 1.82) is 0 Å². The second-order valence-electron chi connectivity index (χ2n) is 10.8. The van der Waals surface area contributed by atoms with E-state index in [0.29, 0.717) is 17.5 Å². The summed E-state index contributed by atoms with van der Waals surface area (Å²) in [6, 6.07) is 48.1. The lowest BCUT2D eigenvalue weighted by atomic mass is 9.95. The molecular weight excluding hydrogens is 526 g/mol. The van der Waals surface area contributed by atoms with Crippen LogP contribution in [0.5, 0.6) is 0 Å². The van der Waals surface area contributed by atoms with E-state index in [1.165, 1.54) is 26.9 Å². The summed E-state index contributed by atoms with van der Waals surface area (Å²) in [7, 11) is 0. The summed E-state index contributed by atoms with van der Waals surface area (Å²) in [6.45, 7) is 0. The lowest BCUT2D eigenvalue weighted by Gasteiger charge is -2.12. The van der Waals surface area contributed by atoms with Gasteiger partial charge in [0.05, 0.1) is 5.56 Å². The quantitative estimate of drug-likeness (QED) is 0.206. The maximum atomic E-state index is 6.38. The maximum Gasteiger partial charge on any atom is 0.167 e. The van der Waals surface area contributed by atoms with Crippen molar-refractivity contribution in [1.82, 2.24) is 15.0 Å².